The van der Waals surface area contributed by atoms with Crippen molar-refractivity contribution < 1.29 is 4.42 Å². The highest BCUT2D eigenvalue weighted by atomic mass is 16.3. The van der Waals surface area contributed by atoms with Crippen molar-refractivity contribution in [2.75, 3.05) is 4.90 Å². The quantitative estimate of drug-likeness (QED) is 0.153. The summed E-state index contributed by atoms with van der Waals surface area (Å²) < 4.78 is 6.16. The smallest absolute Gasteiger partial charge is 0.135 e. The zero-order chi connectivity index (χ0) is 39.8. The van der Waals surface area contributed by atoms with Gasteiger partial charge in [0, 0.05) is 27.7 Å². The van der Waals surface area contributed by atoms with Gasteiger partial charge in [0.25, 0.3) is 0 Å². The van der Waals surface area contributed by atoms with Gasteiger partial charge in [0.2, 0.25) is 0 Å². The maximum Gasteiger partial charge on any atom is 0.135 e. The van der Waals surface area contributed by atoms with Gasteiger partial charge >= 0.3 is 0 Å². The Morgan fingerprint density at radius 3 is 1.50 bits per heavy atom. The maximum atomic E-state index is 6.16. The molecular formula is C58H39NO. The summed E-state index contributed by atoms with van der Waals surface area (Å²) in [6, 6.07) is 85.0. The SMILES string of the molecule is c1ccc(-c2ccccc2-c2ccccc2-c2ccccc2N(c2ccc(-c3ccc4oc5ccccc5c4c3)cc2)c2ccc(-c3cccc4ccccc34)cc2)cc1. The van der Waals surface area contributed by atoms with Gasteiger partial charge in [0.1, 0.15) is 11.2 Å². The molecule has 0 aliphatic rings. The molecule has 11 aromatic rings. The monoisotopic (exact) mass is 765 g/mol. The second-order valence-corrected chi connectivity index (χ2v) is 15.2. The van der Waals surface area contributed by atoms with E-state index in [1.165, 1.54) is 49.7 Å². The van der Waals surface area contributed by atoms with Crippen LogP contribution in [0.1, 0.15) is 0 Å². The number of para-hydroxylation sites is 2. The van der Waals surface area contributed by atoms with Crippen molar-refractivity contribution in [3.05, 3.63) is 237 Å². The van der Waals surface area contributed by atoms with Gasteiger partial charge < -0.3 is 9.32 Å². The molecule has 10 aromatic carbocycles. The number of fused-ring (bicyclic) bond motifs is 4. The largest absolute Gasteiger partial charge is 0.456 e. The molecule has 282 valence electrons. The summed E-state index contributed by atoms with van der Waals surface area (Å²) in [7, 11) is 0. The van der Waals surface area contributed by atoms with Crippen LogP contribution in [-0.2, 0) is 0 Å². The molecule has 0 radical (unpaired) electrons. The molecule has 0 fully saturated rings. The van der Waals surface area contributed by atoms with E-state index in [1.807, 2.05) is 12.1 Å². The lowest BCUT2D eigenvalue weighted by Crippen LogP contribution is -2.11. The van der Waals surface area contributed by atoms with Crippen LogP contribution in [-0.4, -0.2) is 0 Å². The van der Waals surface area contributed by atoms with E-state index in [-0.39, 0.29) is 0 Å². The number of hydrogen-bond acceptors (Lipinski definition) is 2. The van der Waals surface area contributed by atoms with Gasteiger partial charge in [-0.1, -0.05) is 188 Å². The Morgan fingerprint density at radius 2 is 0.750 bits per heavy atom. The van der Waals surface area contributed by atoms with Gasteiger partial charge in [-0.05, 0) is 109 Å². The Labute approximate surface area is 349 Å². The van der Waals surface area contributed by atoms with Crippen molar-refractivity contribution in [2.45, 2.75) is 0 Å². The fraction of sp³-hybridized carbons (Fsp3) is 0. The van der Waals surface area contributed by atoms with E-state index in [2.05, 4.69) is 229 Å². The van der Waals surface area contributed by atoms with E-state index in [0.717, 1.165) is 55.7 Å². The van der Waals surface area contributed by atoms with Crippen molar-refractivity contribution in [1.82, 2.24) is 0 Å². The molecule has 1 aromatic heterocycles. The maximum absolute atomic E-state index is 6.16. The molecule has 0 unspecified atom stereocenters. The van der Waals surface area contributed by atoms with Crippen LogP contribution in [0, 0.1) is 0 Å². The molecule has 0 N–H and O–H groups in total. The number of benzene rings is 10. The first-order valence-corrected chi connectivity index (χ1v) is 20.5. The van der Waals surface area contributed by atoms with Crippen molar-refractivity contribution in [3.8, 4) is 55.6 Å². The molecule has 2 heteroatoms. The molecule has 2 nitrogen and oxygen atoms in total. The Bertz CT molecular complexity index is 3300. The average molecular weight is 766 g/mol. The first-order valence-electron chi connectivity index (χ1n) is 20.5. The molecule has 1 heterocycles. The normalized spacial score (nSPS) is 11.3. The molecule has 0 aliphatic heterocycles. The molecule has 0 bridgehead atoms. The Hall–Kier alpha value is -7.94. The third-order valence-corrected chi connectivity index (χ3v) is 11.7. The van der Waals surface area contributed by atoms with Crippen LogP contribution in [0.4, 0.5) is 17.1 Å². The third kappa shape index (κ3) is 6.32. The highest BCUT2D eigenvalue weighted by molar-refractivity contribution is 6.06. The first-order chi connectivity index (χ1) is 29.8. The van der Waals surface area contributed by atoms with Crippen molar-refractivity contribution in [2.24, 2.45) is 0 Å². The van der Waals surface area contributed by atoms with Crippen LogP contribution in [0.2, 0.25) is 0 Å². The minimum Gasteiger partial charge on any atom is -0.456 e. The topological polar surface area (TPSA) is 16.4 Å². The van der Waals surface area contributed by atoms with Crippen LogP contribution in [0.5, 0.6) is 0 Å². The Kier molecular flexibility index (Phi) is 8.87. The summed E-state index contributed by atoms with van der Waals surface area (Å²) in [5.41, 5.74) is 16.9. The third-order valence-electron chi connectivity index (χ3n) is 11.7. The lowest BCUT2D eigenvalue weighted by molar-refractivity contribution is 0.669. The van der Waals surface area contributed by atoms with E-state index in [9.17, 15) is 0 Å². The molecule has 11 rings (SSSR count). The van der Waals surface area contributed by atoms with Crippen LogP contribution >= 0.6 is 0 Å². The number of nitrogens with zero attached hydrogens (tertiary/aromatic N) is 1. The zero-order valence-electron chi connectivity index (χ0n) is 32.9. The highest BCUT2D eigenvalue weighted by Crippen LogP contribution is 2.46. The first kappa shape index (κ1) is 35.2. The minimum atomic E-state index is 0.901. The predicted octanol–water partition coefficient (Wildman–Crippen LogP) is 16.5. The van der Waals surface area contributed by atoms with E-state index >= 15 is 0 Å². The van der Waals surface area contributed by atoms with Gasteiger partial charge in [-0.2, -0.15) is 0 Å². The number of anilines is 3. The molecule has 0 spiro atoms. The second-order valence-electron chi connectivity index (χ2n) is 15.2. The molecule has 0 saturated heterocycles. The van der Waals surface area contributed by atoms with Gasteiger partial charge in [0.05, 0.1) is 5.69 Å². The van der Waals surface area contributed by atoms with Crippen LogP contribution in [0.25, 0.3) is 88.3 Å². The van der Waals surface area contributed by atoms with Crippen molar-refractivity contribution >= 4 is 49.8 Å². The lowest BCUT2D eigenvalue weighted by Gasteiger charge is -2.29. The summed E-state index contributed by atoms with van der Waals surface area (Å²) >= 11 is 0. The second kappa shape index (κ2) is 15.1. The van der Waals surface area contributed by atoms with Crippen LogP contribution in [0.15, 0.2) is 241 Å². The van der Waals surface area contributed by atoms with Gasteiger partial charge in [-0.3, -0.25) is 0 Å². The van der Waals surface area contributed by atoms with E-state index in [1.54, 1.807) is 0 Å². The Balaban J connectivity index is 1.05. The van der Waals surface area contributed by atoms with E-state index in [0.29, 0.717) is 0 Å². The molecule has 0 saturated carbocycles. The van der Waals surface area contributed by atoms with E-state index in [4.69, 9.17) is 4.42 Å². The number of rotatable bonds is 8. The van der Waals surface area contributed by atoms with Crippen LogP contribution in [0.3, 0.4) is 0 Å². The molecule has 0 amide bonds. The number of furan rings is 1. The summed E-state index contributed by atoms with van der Waals surface area (Å²) in [5.74, 6) is 0. The van der Waals surface area contributed by atoms with E-state index < -0.39 is 0 Å². The molecule has 60 heavy (non-hydrogen) atoms. The minimum absolute atomic E-state index is 0.901. The summed E-state index contributed by atoms with van der Waals surface area (Å²) in [6.45, 7) is 0. The summed E-state index contributed by atoms with van der Waals surface area (Å²) in [6.07, 6.45) is 0. The zero-order valence-corrected chi connectivity index (χ0v) is 32.9. The highest BCUT2D eigenvalue weighted by Gasteiger charge is 2.21. The lowest BCUT2D eigenvalue weighted by atomic mass is 9.88. The molecule has 0 atom stereocenters. The average Bonchev–Trinajstić information content (AvgIpc) is 3.70. The standard InChI is InChI=1S/C58H39NO/c1-2-15-41(16-3-1)49-20-6-7-21-50(49)51-22-8-9-23-52(51)53-24-10-12-27-56(53)59(46-36-31-43(32-37-46)48-26-14-18-42-17-4-5-19-47(42)48)45-34-29-40(30-35-45)44-33-38-58-55(39-44)54-25-11-13-28-57(54)60-58/h1-39H. The fourth-order valence-corrected chi connectivity index (χ4v) is 8.84. The van der Waals surface area contributed by atoms with Crippen molar-refractivity contribution in [1.29, 1.82) is 0 Å². The van der Waals surface area contributed by atoms with Gasteiger partial charge in [-0.15, -0.1) is 0 Å². The summed E-state index contributed by atoms with van der Waals surface area (Å²) in [4.78, 5) is 2.40. The number of hydrogen-bond donors (Lipinski definition) is 0. The fourth-order valence-electron chi connectivity index (χ4n) is 8.84. The Morgan fingerprint density at radius 1 is 0.267 bits per heavy atom. The predicted molar refractivity (Wildman–Crippen MR) is 253 cm³/mol. The van der Waals surface area contributed by atoms with Gasteiger partial charge in [-0.25, -0.2) is 0 Å². The summed E-state index contributed by atoms with van der Waals surface area (Å²) in [5, 5.41) is 4.75. The van der Waals surface area contributed by atoms with Crippen molar-refractivity contribution in [3.63, 3.8) is 0 Å². The molecule has 0 aliphatic carbocycles. The molecular weight excluding hydrogens is 727 g/mol. The van der Waals surface area contributed by atoms with Crippen LogP contribution < -0.4 is 4.90 Å². The van der Waals surface area contributed by atoms with Gasteiger partial charge in [0.15, 0.2) is 0 Å².